The Morgan fingerprint density at radius 1 is 1.00 bits per heavy atom. The monoisotopic (exact) mass is 283 g/mol. The van der Waals surface area contributed by atoms with E-state index in [4.69, 9.17) is 0 Å². The molecule has 1 saturated carbocycles. The van der Waals surface area contributed by atoms with Gasteiger partial charge in [0, 0.05) is 18.4 Å². The van der Waals surface area contributed by atoms with Crippen molar-refractivity contribution in [3.63, 3.8) is 0 Å². The third-order valence-corrected chi connectivity index (χ3v) is 4.85. The highest BCUT2D eigenvalue weighted by molar-refractivity contribution is 5.74. The molecule has 0 amide bonds. The maximum Gasteiger partial charge on any atom is 0.0890 e. The van der Waals surface area contributed by atoms with Gasteiger partial charge in [0.2, 0.25) is 0 Å². The number of nitrogens with zero attached hydrogens (tertiary/aromatic N) is 2. The van der Waals surface area contributed by atoms with Gasteiger partial charge in [-0.25, -0.2) is 0 Å². The normalized spacial score (nSPS) is 27.7. The summed E-state index contributed by atoms with van der Waals surface area (Å²) in [5, 5.41) is 3.55. The van der Waals surface area contributed by atoms with E-state index in [1.807, 2.05) is 0 Å². The third kappa shape index (κ3) is 3.08. The van der Waals surface area contributed by atoms with Gasteiger partial charge in [-0.2, -0.15) is 0 Å². The number of hydrogen-bond donors (Lipinski definition) is 1. The lowest BCUT2D eigenvalue weighted by Gasteiger charge is -2.36. The first-order valence-corrected chi connectivity index (χ1v) is 8.05. The van der Waals surface area contributed by atoms with Gasteiger partial charge in [0.05, 0.1) is 11.0 Å². The van der Waals surface area contributed by atoms with Crippen LogP contribution in [0.5, 0.6) is 0 Å². The van der Waals surface area contributed by atoms with Crippen LogP contribution in [0.1, 0.15) is 44.7 Å². The molecule has 1 aliphatic carbocycles. The van der Waals surface area contributed by atoms with Crippen molar-refractivity contribution in [3.8, 4) is 0 Å². The average Bonchev–Trinajstić information content (AvgIpc) is 2.47. The molecule has 21 heavy (non-hydrogen) atoms. The Kier molecular flexibility index (Phi) is 4.20. The van der Waals surface area contributed by atoms with Crippen molar-refractivity contribution < 1.29 is 0 Å². The molecule has 1 aromatic heterocycles. The summed E-state index contributed by atoms with van der Waals surface area (Å²) in [6, 6.07) is 6.93. The van der Waals surface area contributed by atoms with E-state index >= 15 is 0 Å². The molecule has 0 bridgehead atoms. The second-order valence-electron chi connectivity index (χ2n) is 6.75. The van der Waals surface area contributed by atoms with Gasteiger partial charge in [0.25, 0.3) is 0 Å². The van der Waals surface area contributed by atoms with E-state index < -0.39 is 0 Å². The number of rotatable bonds is 3. The molecule has 3 nitrogen and oxygen atoms in total. The zero-order valence-electron chi connectivity index (χ0n) is 13.2. The maximum absolute atomic E-state index is 4.44. The average molecular weight is 283 g/mol. The minimum atomic E-state index is 0.418. The molecule has 0 radical (unpaired) electrons. The standard InChI is InChI=1S/C18H25N3/c1-12-8-13(2)10-15(9-12)18(19-3)14-4-5-16-17(11-14)21-7-6-20-16/h4-7,11-13,15,18-19H,8-10H2,1-3H3. The summed E-state index contributed by atoms with van der Waals surface area (Å²) < 4.78 is 0. The maximum atomic E-state index is 4.44. The van der Waals surface area contributed by atoms with Crippen LogP contribution in [-0.4, -0.2) is 17.0 Å². The predicted octanol–water partition coefficient (Wildman–Crippen LogP) is 3.96. The Bertz CT molecular complexity index is 600. The van der Waals surface area contributed by atoms with Crippen LogP contribution >= 0.6 is 0 Å². The SMILES string of the molecule is CNC(c1ccc2nccnc2c1)C1CC(C)CC(C)C1. The molecule has 1 N–H and O–H groups in total. The van der Waals surface area contributed by atoms with Gasteiger partial charge in [-0.1, -0.05) is 19.9 Å². The molecule has 3 heteroatoms. The topological polar surface area (TPSA) is 37.8 Å². The summed E-state index contributed by atoms with van der Waals surface area (Å²) in [5.41, 5.74) is 3.31. The molecule has 3 unspecified atom stereocenters. The number of aromatic nitrogens is 2. The fraction of sp³-hybridized carbons (Fsp3) is 0.556. The van der Waals surface area contributed by atoms with E-state index in [1.54, 1.807) is 12.4 Å². The minimum absolute atomic E-state index is 0.418. The second kappa shape index (κ2) is 6.10. The first-order valence-electron chi connectivity index (χ1n) is 8.05. The van der Waals surface area contributed by atoms with E-state index in [9.17, 15) is 0 Å². The van der Waals surface area contributed by atoms with Crippen LogP contribution < -0.4 is 5.32 Å². The van der Waals surface area contributed by atoms with Crippen LogP contribution in [0.2, 0.25) is 0 Å². The zero-order chi connectivity index (χ0) is 14.8. The largest absolute Gasteiger partial charge is 0.313 e. The van der Waals surface area contributed by atoms with Gasteiger partial charge in [-0.05, 0) is 61.8 Å². The summed E-state index contributed by atoms with van der Waals surface area (Å²) in [4.78, 5) is 8.80. The fourth-order valence-corrected chi connectivity index (χ4v) is 4.13. The lowest BCUT2D eigenvalue weighted by molar-refractivity contribution is 0.180. The summed E-state index contributed by atoms with van der Waals surface area (Å²) in [7, 11) is 2.08. The molecule has 0 aliphatic heterocycles. The molecule has 3 rings (SSSR count). The van der Waals surface area contributed by atoms with Gasteiger partial charge in [-0.15, -0.1) is 0 Å². The van der Waals surface area contributed by atoms with Gasteiger partial charge >= 0.3 is 0 Å². The summed E-state index contributed by atoms with van der Waals surface area (Å²) >= 11 is 0. The minimum Gasteiger partial charge on any atom is -0.313 e. The smallest absolute Gasteiger partial charge is 0.0890 e. The molecular formula is C18H25N3. The van der Waals surface area contributed by atoms with Crippen molar-refractivity contribution >= 4 is 11.0 Å². The molecular weight excluding hydrogens is 258 g/mol. The lowest BCUT2D eigenvalue weighted by atomic mass is 9.72. The van der Waals surface area contributed by atoms with Crippen LogP contribution in [0.3, 0.4) is 0 Å². The number of hydrogen-bond acceptors (Lipinski definition) is 3. The quantitative estimate of drug-likeness (QED) is 0.926. The molecule has 1 fully saturated rings. The van der Waals surface area contributed by atoms with Crippen LogP contribution in [-0.2, 0) is 0 Å². The molecule has 112 valence electrons. The van der Waals surface area contributed by atoms with E-state index in [1.165, 1.54) is 24.8 Å². The van der Waals surface area contributed by atoms with Gasteiger partial charge in [-0.3, -0.25) is 9.97 Å². The lowest BCUT2D eigenvalue weighted by Crippen LogP contribution is -2.31. The number of benzene rings is 1. The van der Waals surface area contributed by atoms with Crippen LogP contribution in [0.25, 0.3) is 11.0 Å². The summed E-state index contributed by atoms with van der Waals surface area (Å²) in [6.07, 6.45) is 7.52. The highest BCUT2D eigenvalue weighted by atomic mass is 14.9. The Labute approximate surface area is 127 Å². The molecule has 2 aromatic rings. The predicted molar refractivity (Wildman–Crippen MR) is 87.0 cm³/mol. The van der Waals surface area contributed by atoms with Gasteiger partial charge < -0.3 is 5.32 Å². The van der Waals surface area contributed by atoms with Gasteiger partial charge in [0.1, 0.15) is 0 Å². The first-order chi connectivity index (χ1) is 10.2. The van der Waals surface area contributed by atoms with Crippen molar-refractivity contribution in [3.05, 3.63) is 36.2 Å². The van der Waals surface area contributed by atoms with Crippen LogP contribution in [0, 0.1) is 17.8 Å². The Morgan fingerprint density at radius 2 is 1.67 bits per heavy atom. The van der Waals surface area contributed by atoms with E-state index in [-0.39, 0.29) is 0 Å². The highest BCUT2D eigenvalue weighted by Crippen LogP contribution is 2.39. The van der Waals surface area contributed by atoms with Crippen molar-refractivity contribution in [1.82, 2.24) is 15.3 Å². The molecule has 0 saturated heterocycles. The van der Waals surface area contributed by atoms with Crippen LogP contribution in [0.4, 0.5) is 0 Å². The number of nitrogens with one attached hydrogen (secondary N) is 1. The third-order valence-electron chi connectivity index (χ3n) is 4.85. The van der Waals surface area contributed by atoms with E-state index in [0.717, 1.165) is 22.9 Å². The van der Waals surface area contributed by atoms with Crippen molar-refractivity contribution in [2.24, 2.45) is 17.8 Å². The van der Waals surface area contributed by atoms with Crippen LogP contribution in [0.15, 0.2) is 30.6 Å². The first kappa shape index (κ1) is 14.5. The molecule has 1 heterocycles. The Balaban J connectivity index is 1.90. The second-order valence-corrected chi connectivity index (χ2v) is 6.75. The van der Waals surface area contributed by atoms with Crippen molar-refractivity contribution in [1.29, 1.82) is 0 Å². The molecule has 0 spiro atoms. The summed E-state index contributed by atoms with van der Waals surface area (Å²) in [5.74, 6) is 2.37. The zero-order valence-corrected chi connectivity index (χ0v) is 13.2. The van der Waals surface area contributed by atoms with Crippen molar-refractivity contribution in [2.45, 2.75) is 39.2 Å². The number of fused-ring (bicyclic) bond motifs is 1. The molecule has 1 aromatic carbocycles. The van der Waals surface area contributed by atoms with Gasteiger partial charge in [0.15, 0.2) is 0 Å². The van der Waals surface area contributed by atoms with Crippen molar-refractivity contribution in [2.75, 3.05) is 7.05 Å². The highest BCUT2D eigenvalue weighted by Gasteiger charge is 2.30. The Hall–Kier alpha value is -1.48. The summed E-state index contributed by atoms with van der Waals surface area (Å²) in [6.45, 7) is 4.78. The fourth-order valence-electron chi connectivity index (χ4n) is 4.13. The molecule has 1 aliphatic rings. The van der Waals surface area contributed by atoms with E-state index in [0.29, 0.717) is 12.0 Å². The Morgan fingerprint density at radius 3 is 2.33 bits per heavy atom. The van der Waals surface area contributed by atoms with E-state index in [2.05, 4.69) is 54.4 Å². The molecule has 3 atom stereocenters.